The smallest absolute Gasteiger partial charge is 0.328 e. The number of aryl methyl sites for hydroxylation is 2. The fourth-order valence-corrected chi connectivity index (χ4v) is 1.86. The van der Waals surface area contributed by atoms with Crippen molar-refractivity contribution in [2.24, 2.45) is 0 Å². The molecule has 1 aromatic carbocycles. The van der Waals surface area contributed by atoms with Crippen LogP contribution in [-0.4, -0.2) is 21.3 Å². The highest BCUT2D eigenvalue weighted by Crippen LogP contribution is 2.22. The van der Waals surface area contributed by atoms with Crippen molar-refractivity contribution in [3.63, 3.8) is 0 Å². The van der Waals surface area contributed by atoms with Crippen LogP contribution in [0.15, 0.2) is 35.1 Å². The van der Waals surface area contributed by atoms with Crippen molar-refractivity contribution in [3.8, 4) is 11.3 Å². The van der Waals surface area contributed by atoms with Gasteiger partial charge < -0.3 is 5.11 Å². The zero-order chi connectivity index (χ0) is 14.7. The largest absolute Gasteiger partial charge is 0.478 e. The summed E-state index contributed by atoms with van der Waals surface area (Å²) in [5, 5.41) is 15.0. The van der Waals surface area contributed by atoms with E-state index in [9.17, 15) is 9.59 Å². The van der Waals surface area contributed by atoms with Crippen LogP contribution in [0.2, 0.25) is 0 Å². The summed E-state index contributed by atoms with van der Waals surface area (Å²) in [4.78, 5) is 22.1. The SMILES string of the molecule is Cc1ccc(C)c(-c2cc(/C=C/C(=O)O)c(=O)[nH]n2)c1. The first-order chi connectivity index (χ1) is 9.47. The quantitative estimate of drug-likeness (QED) is 0.837. The Morgan fingerprint density at radius 3 is 2.75 bits per heavy atom. The number of rotatable bonds is 3. The Morgan fingerprint density at radius 2 is 2.05 bits per heavy atom. The summed E-state index contributed by atoms with van der Waals surface area (Å²) in [6, 6.07) is 7.53. The normalized spacial score (nSPS) is 10.9. The lowest BCUT2D eigenvalue weighted by Gasteiger charge is -2.06. The molecule has 0 amide bonds. The molecule has 0 saturated heterocycles. The summed E-state index contributed by atoms with van der Waals surface area (Å²) < 4.78 is 0. The van der Waals surface area contributed by atoms with Crippen molar-refractivity contribution in [1.82, 2.24) is 10.2 Å². The van der Waals surface area contributed by atoms with Gasteiger partial charge in [0.2, 0.25) is 0 Å². The molecule has 2 rings (SSSR count). The molecule has 0 atom stereocenters. The van der Waals surface area contributed by atoms with Crippen LogP contribution in [0.25, 0.3) is 17.3 Å². The molecule has 0 aliphatic rings. The fraction of sp³-hybridized carbons (Fsp3) is 0.133. The second kappa shape index (κ2) is 5.52. The van der Waals surface area contributed by atoms with E-state index in [2.05, 4.69) is 10.2 Å². The van der Waals surface area contributed by atoms with Crippen molar-refractivity contribution < 1.29 is 9.90 Å². The lowest BCUT2D eigenvalue weighted by atomic mass is 10.0. The first kappa shape index (κ1) is 13.7. The maximum absolute atomic E-state index is 11.6. The molecular formula is C15H14N2O3. The van der Waals surface area contributed by atoms with Crippen LogP contribution >= 0.6 is 0 Å². The average Bonchev–Trinajstić information content (AvgIpc) is 2.40. The highest BCUT2D eigenvalue weighted by molar-refractivity contribution is 5.85. The molecule has 0 bridgehead atoms. The zero-order valence-corrected chi connectivity index (χ0v) is 11.2. The van der Waals surface area contributed by atoms with Gasteiger partial charge in [-0.3, -0.25) is 4.79 Å². The van der Waals surface area contributed by atoms with Crippen LogP contribution in [-0.2, 0) is 4.79 Å². The topological polar surface area (TPSA) is 83.0 Å². The predicted octanol–water partition coefficient (Wildman–Crippen LogP) is 2.15. The van der Waals surface area contributed by atoms with Crippen LogP contribution in [0.3, 0.4) is 0 Å². The lowest BCUT2D eigenvalue weighted by Crippen LogP contribution is -2.12. The molecule has 0 aliphatic carbocycles. The Kier molecular flexibility index (Phi) is 3.79. The minimum Gasteiger partial charge on any atom is -0.478 e. The van der Waals surface area contributed by atoms with Gasteiger partial charge >= 0.3 is 5.97 Å². The van der Waals surface area contributed by atoms with Crippen molar-refractivity contribution >= 4 is 12.0 Å². The first-order valence-electron chi connectivity index (χ1n) is 6.06. The van der Waals surface area contributed by atoms with Gasteiger partial charge in [0.1, 0.15) is 0 Å². The molecule has 2 aromatic rings. The molecule has 0 unspecified atom stereocenters. The molecule has 0 saturated carbocycles. The van der Waals surface area contributed by atoms with E-state index in [0.717, 1.165) is 22.8 Å². The van der Waals surface area contributed by atoms with E-state index in [-0.39, 0.29) is 5.56 Å². The van der Waals surface area contributed by atoms with Crippen LogP contribution in [0.1, 0.15) is 16.7 Å². The average molecular weight is 270 g/mol. The molecule has 20 heavy (non-hydrogen) atoms. The van der Waals surface area contributed by atoms with Crippen LogP contribution in [0.5, 0.6) is 0 Å². The van der Waals surface area contributed by atoms with Gasteiger partial charge in [-0.05, 0) is 37.6 Å². The van der Waals surface area contributed by atoms with Crippen LogP contribution in [0.4, 0.5) is 0 Å². The number of aromatic nitrogens is 2. The molecule has 5 heteroatoms. The number of benzene rings is 1. The maximum atomic E-state index is 11.6. The zero-order valence-electron chi connectivity index (χ0n) is 11.2. The van der Waals surface area contributed by atoms with Crippen molar-refractivity contribution in [3.05, 3.63) is 57.4 Å². The molecule has 0 fully saturated rings. The molecule has 5 nitrogen and oxygen atoms in total. The number of nitrogens with one attached hydrogen (secondary N) is 1. The summed E-state index contributed by atoms with van der Waals surface area (Å²) in [6.07, 6.45) is 2.19. The molecule has 0 radical (unpaired) electrons. The molecule has 0 aliphatic heterocycles. The van der Waals surface area contributed by atoms with Gasteiger partial charge in [0.15, 0.2) is 0 Å². The molecule has 1 aromatic heterocycles. The molecule has 2 N–H and O–H groups in total. The summed E-state index contributed by atoms with van der Waals surface area (Å²) in [7, 11) is 0. The van der Waals surface area contributed by atoms with Gasteiger partial charge in [-0.2, -0.15) is 5.10 Å². The lowest BCUT2D eigenvalue weighted by molar-refractivity contribution is -0.131. The number of aliphatic carboxylic acids is 1. The number of H-pyrrole nitrogens is 1. The second-order valence-corrected chi connectivity index (χ2v) is 4.53. The highest BCUT2D eigenvalue weighted by Gasteiger charge is 2.07. The monoisotopic (exact) mass is 270 g/mol. The molecule has 102 valence electrons. The van der Waals surface area contributed by atoms with E-state index in [1.807, 2.05) is 32.0 Å². The number of hydrogen-bond donors (Lipinski definition) is 2. The Morgan fingerprint density at radius 1 is 1.30 bits per heavy atom. The molecular weight excluding hydrogens is 256 g/mol. The highest BCUT2D eigenvalue weighted by atomic mass is 16.4. The number of nitrogens with zero attached hydrogens (tertiary/aromatic N) is 1. The van der Waals surface area contributed by atoms with Crippen molar-refractivity contribution in [2.75, 3.05) is 0 Å². The van der Waals surface area contributed by atoms with E-state index >= 15 is 0 Å². The van der Waals surface area contributed by atoms with Gasteiger partial charge in [0, 0.05) is 17.2 Å². The van der Waals surface area contributed by atoms with E-state index in [0.29, 0.717) is 5.69 Å². The summed E-state index contributed by atoms with van der Waals surface area (Å²) >= 11 is 0. The minimum absolute atomic E-state index is 0.262. The van der Waals surface area contributed by atoms with Gasteiger partial charge in [-0.1, -0.05) is 17.7 Å². The summed E-state index contributed by atoms with van der Waals surface area (Å²) in [5.74, 6) is -1.10. The Bertz CT molecular complexity index is 745. The summed E-state index contributed by atoms with van der Waals surface area (Å²) in [6.45, 7) is 3.92. The summed E-state index contributed by atoms with van der Waals surface area (Å²) in [5.41, 5.74) is 3.47. The van der Waals surface area contributed by atoms with E-state index in [1.165, 1.54) is 6.08 Å². The molecule has 0 spiro atoms. The van der Waals surface area contributed by atoms with Crippen LogP contribution in [0, 0.1) is 13.8 Å². The van der Waals surface area contributed by atoms with Gasteiger partial charge in [0.05, 0.1) is 5.69 Å². The maximum Gasteiger partial charge on any atom is 0.328 e. The Balaban J connectivity index is 2.54. The van der Waals surface area contributed by atoms with Gasteiger partial charge in [-0.25, -0.2) is 9.89 Å². The van der Waals surface area contributed by atoms with Gasteiger partial charge in [-0.15, -0.1) is 0 Å². The third kappa shape index (κ3) is 3.00. The third-order valence-corrected chi connectivity index (χ3v) is 2.91. The third-order valence-electron chi connectivity index (χ3n) is 2.91. The number of carboxylic acid groups (broad SMARTS) is 1. The van der Waals surface area contributed by atoms with E-state index in [1.54, 1.807) is 6.07 Å². The minimum atomic E-state index is -1.10. The van der Waals surface area contributed by atoms with E-state index in [4.69, 9.17) is 5.11 Å². The van der Waals surface area contributed by atoms with Crippen LogP contribution < -0.4 is 5.56 Å². The Hall–Kier alpha value is -2.69. The number of carboxylic acids is 1. The van der Waals surface area contributed by atoms with E-state index < -0.39 is 11.5 Å². The first-order valence-corrected chi connectivity index (χ1v) is 6.06. The fourth-order valence-electron chi connectivity index (χ4n) is 1.86. The Labute approximate surface area is 115 Å². The van der Waals surface area contributed by atoms with Gasteiger partial charge in [0.25, 0.3) is 5.56 Å². The number of hydrogen-bond acceptors (Lipinski definition) is 3. The predicted molar refractivity (Wildman–Crippen MR) is 76.4 cm³/mol. The standard InChI is InChI=1S/C15H14N2O3/c1-9-3-4-10(2)12(7-9)13-8-11(5-6-14(18)19)15(20)17-16-13/h3-8H,1-2H3,(H,17,20)(H,18,19)/b6-5+. The number of carbonyl (C=O) groups is 1. The number of aromatic amines is 1. The second-order valence-electron chi connectivity index (χ2n) is 4.53. The van der Waals surface area contributed by atoms with Crippen molar-refractivity contribution in [2.45, 2.75) is 13.8 Å². The van der Waals surface area contributed by atoms with Crippen molar-refractivity contribution in [1.29, 1.82) is 0 Å². The molecule has 1 heterocycles.